The number of nitrogens with zero attached hydrogens (tertiary/aromatic N) is 3. The standard InChI is InChI=1S/C15H20N4O3S/c1-10-15(11(2)19(5)16-10)23(21,22)17-13-6-8-14(9-7-13)18(4)12(3)20/h6-9,17H,1-5H3. The lowest BCUT2D eigenvalue weighted by Crippen LogP contribution is -2.22. The minimum atomic E-state index is -3.72. The van der Waals surface area contributed by atoms with E-state index in [4.69, 9.17) is 0 Å². The Morgan fingerprint density at radius 2 is 1.78 bits per heavy atom. The molecule has 0 atom stereocenters. The quantitative estimate of drug-likeness (QED) is 0.923. The van der Waals surface area contributed by atoms with Crippen molar-refractivity contribution in [2.24, 2.45) is 7.05 Å². The summed E-state index contributed by atoms with van der Waals surface area (Å²) in [5.41, 5.74) is 2.14. The highest BCUT2D eigenvalue weighted by molar-refractivity contribution is 7.92. The number of hydrogen-bond acceptors (Lipinski definition) is 4. The molecular formula is C15H20N4O3S. The molecule has 0 spiro atoms. The number of hydrogen-bond donors (Lipinski definition) is 1. The summed E-state index contributed by atoms with van der Waals surface area (Å²) < 4.78 is 29.2. The van der Waals surface area contributed by atoms with Crippen molar-refractivity contribution in [3.8, 4) is 0 Å². The summed E-state index contributed by atoms with van der Waals surface area (Å²) in [4.78, 5) is 13.0. The van der Waals surface area contributed by atoms with E-state index in [2.05, 4.69) is 9.82 Å². The largest absolute Gasteiger partial charge is 0.316 e. The molecular weight excluding hydrogens is 316 g/mol. The molecule has 0 aliphatic rings. The number of rotatable bonds is 4. The molecule has 1 N–H and O–H groups in total. The third-order valence-electron chi connectivity index (χ3n) is 3.69. The zero-order valence-electron chi connectivity index (χ0n) is 13.8. The van der Waals surface area contributed by atoms with Gasteiger partial charge in [-0.05, 0) is 38.1 Å². The fourth-order valence-electron chi connectivity index (χ4n) is 2.28. The third-order valence-corrected chi connectivity index (χ3v) is 5.32. The molecule has 0 radical (unpaired) electrons. The van der Waals surface area contributed by atoms with Gasteiger partial charge in [0.15, 0.2) is 0 Å². The van der Waals surface area contributed by atoms with Gasteiger partial charge in [-0.15, -0.1) is 0 Å². The van der Waals surface area contributed by atoms with Crippen molar-refractivity contribution in [3.05, 3.63) is 35.7 Å². The van der Waals surface area contributed by atoms with Crippen LogP contribution in [0.5, 0.6) is 0 Å². The van der Waals surface area contributed by atoms with E-state index < -0.39 is 10.0 Å². The van der Waals surface area contributed by atoms with E-state index >= 15 is 0 Å². The number of aryl methyl sites for hydroxylation is 2. The molecule has 0 unspecified atom stereocenters. The number of anilines is 2. The molecule has 1 aromatic carbocycles. The molecule has 1 aromatic heterocycles. The van der Waals surface area contributed by atoms with E-state index in [1.807, 2.05) is 0 Å². The van der Waals surface area contributed by atoms with Crippen LogP contribution in [0.4, 0.5) is 11.4 Å². The van der Waals surface area contributed by atoms with Gasteiger partial charge in [-0.25, -0.2) is 8.42 Å². The highest BCUT2D eigenvalue weighted by Crippen LogP contribution is 2.23. The Morgan fingerprint density at radius 1 is 1.22 bits per heavy atom. The Labute approximate surface area is 136 Å². The second-order valence-electron chi connectivity index (χ2n) is 5.35. The molecule has 2 aromatic rings. The lowest BCUT2D eigenvalue weighted by atomic mass is 10.2. The van der Waals surface area contributed by atoms with Gasteiger partial charge in [0.25, 0.3) is 10.0 Å². The van der Waals surface area contributed by atoms with Crippen LogP contribution >= 0.6 is 0 Å². The van der Waals surface area contributed by atoms with Gasteiger partial charge in [-0.3, -0.25) is 14.2 Å². The van der Waals surface area contributed by atoms with Crippen molar-refractivity contribution in [1.29, 1.82) is 0 Å². The van der Waals surface area contributed by atoms with E-state index in [1.165, 1.54) is 16.5 Å². The summed E-state index contributed by atoms with van der Waals surface area (Å²) in [6.45, 7) is 4.83. The van der Waals surface area contributed by atoms with Gasteiger partial charge in [0, 0.05) is 32.4 Å². The highest BCUT2D eigenvalue weighted by atomic mass is 32.2. The van der Waals surface area contributed by atoms with Crippen LogP contribution in [-0.2, 0) is 21.9 Å². The van der Waals surface area contributed by atoms with Crippen LogP contribution < -0.4 is 9.62 Å². The molecule has 7 nitrogen and oxygen atoms in total. The van der Waals surface area contributed by atoms with E-state index in [0.717, 1.165) is 0 Å². The summed E-state index contributed by atoms with van der Waals surface area (Å²) in [5.74, 6) is -0.0973. The van der Waals surface area contributed by atoms with Crippen molar-refractivity contribution in [3.63, 3.8) is 0 Å². The number of sulfonamides is 1. The van der Waals surface area contributed by atoms with Crippen molar-refractivity contribution in [1.82, 2.24) is 9.78 Å². The maximum Gasteiger partial charge on any atom is 0.265 e. The average Bonchev–Trinajstić information content (AvgIpc) is 2.72. The van der Waals surface area contributed by atoms with E-state index in [9.17, 15) is 13.2 Å². The topological polar surface area (TPSA) is 84.3 Å². The Bertz CT molecular complexity index is 838. The molecule has 8 heteroatoms. The predicted octanol–water partition coefficient (Wildman–Crippen LogP) is 1.82. The van der Waals surface area contributed by atoms with E-state index in [-0.39, 0.29) is 10.8 Å². The zero-order valence-corrected chi connectivity index (χ0v) is 14.6. The van der Waals surface area contributed by atoms with Crippen molar-refractivity contribution >= 4 is 27.3 Å². The first kappa shape index (κ1) is 17.0. The smallest absolute Gasteiger partial charge is 0.265 e. The first-order chi connectivity index (χ1) is 10.6. The second kappa shape index (κ2) is 6.04. The van der Waals surface area contributed by atoms with Crippen molar-refractivity contribution in [2.45, 2.75) is 25.7 Å². The molecule has 0 saturated carbocycles. The van der Waals surface area contributed by atoms with Gasteiger partial charge < -0.3 is 4.90 Å². The summed E-state index contributed by atoms with van der Waals surface area (Å²) in [7, 11) is -0.358. The fourth-order valence-corrected chi connectivity index (χ4v) is 3.78. The molecule has 0 aliphatic heterocycles. The first-order valence-corrected chi connectivity index (χ1v) is 8.49. The zero-order chi connectivity index (χ0) is 17.4. The maximum absolute atomic E-state index is 12.6. The van der Waals surface area contributed by atoms with Gasteiger partial charge in [0.2, 0.25) is 5.91 Å². The number of carbonyl (C=O) groups is 1. The summed E-state index contributed by atoms with van der Waals surface area (Å²) in [5, 5.41) is 4.13. The monoisotopic (exact) mass is 336 g/mol. The number of amides is 1. The molecule has 23 heavy (non-hydrogen) atoms. The van der Waals surface area contributed by atoms with Crippen molar-refractivity contribution in [2.75, 3.05) is 16.7 Å². The summed E-state index contributed by atoms with van der Waals surface area (Å²) >= 11 is 0. The average molecular weight is 336 g/mol. The van der Waals surface area contributed by atoms with Gasteiger partial charge >= 0.3 is 0 Å². The number of nitrogens with one attached hydrogen (secondary N) is 1. The molecule has 124 valence electrons. The first-order valence-electron chi connectivity index (χ1n) is 7.01. The van der Waals surface area contributed by atoms with Gasteiger partial charge in [-0.1, -0.05) is 0 Å². The number of aromatic nitrogens is 2. The van der Waals surface area contributed by atoms with Gasteiger partial charge in [0.1, 0.15) is 4.90 Å². The Balaban J connectivity index is 2.29. The molecule has 0 bridgehead atoms. The minimum absolute atomic E-state index is 0.0973. The Morgan fingerprint density at radius 3 is 2.22 bits per heavy atom. The van der Waals surface area contributed by atoms with Crippen LogP contribution in [0.3, 0.4) is 0 Å². The van der Waals surface area contributed by atoms with E-state index in [0.29, 0.717) is 22.8 Å². The number of benzene rings is 1. The molecule has 1 heterocycles. The fraction of sp³-hybridized carbons (Fsp3) is 0.333. The van der Waals surface area contributed by atoms with Gasteiger partial charge in [-0.2, -0.15) is 5.10 Å². The van der Waals surface area contributed by atoms with Crippen LogP contribution in [0.1, 0.15) is 18.3 Å². The third kappa shape index (κ3) is 3.37. The number of carbonyl (C=O) groups excluding carboxylic acids is 1. The SMILES string of the molecule is CC(=O)N(C)c1ccc(NS(=O)(=O)c2c(C)nn(C)c2C)cc1. The molecule has 0 fully saturated rings. The van der Waals surface area contributed by atoms with Crippen LogP contribution in [0.25, 0.3) is 0 Å². The predicted molar refractivity (Wildman–Crippen MR) is 89.0 cm³/mol. The van der Waals surface area contributed by atoms with Crippen LogP contribution in [0.15, 0.2) is 29.2 Å². The summed E-state index contributed by atoms with van der Waals surface area (Å²) in [6, 6.07) is 6.60. The normalized spacial score (nSPS) is 11.3. The molecule has 2 rings (SSSR count). The second-order valence-corrected chi connectivity index (χ2v) is 6.97. The van der Waals surface area contributed by atoms with Crippen molar-refractivity contribution < 1.29 is 13.2 Å². The lowest BCUT2D eigenvalue weighted by molar-refractivity contribution is -0.116. The Kier molecular flexibility index (Phi) is 4.46. The molecule has 0 saturated heterocycles. The molecule has 0 aliphatic carbocycles. The van der Waals surface area contributed by atoms with Crippen LogP contribution in [0, 0.1) is 13.8 Å². The molecule has 1 amide bonds. The van der Waals surface area contributed by atoms with Crippen LogP contribution in [0.2, 0.25) is 0 Å². The van der Waals surface area contributed by atoms with Crippen LogP contribution in [-0.4, -0.2) is 31.2 Å². The Hall–Kier alpha value is -2.35. The minimum Gasteiger partial charge on any atom is -0.316 e. The summed E-state index contributed by atoms with van der Waals surface area (Å²) in [6.07, 6.45) is 0. The lowest BCUT2D eigenvalue weighted by Gasteiger charge is -2.15. The highest BCUT2D eigenvalue weighted by Gasteiger charge is 2.23. The van der Waals surface area contributed by atoms with Gasteiger partial charge in [0.05, 0.1) is 11.4 Å². The van der Waals surface area contributed by atoms with E-state index in [1.54, 1.807) is 52.2 Å². The maximum atomic E-state index is 12.6.